The maximum absolute atomic E-state index is 13.1. The highest BCUT2D eigenvalue weighted by atomic mass is 28.4. The van der Waals surface area contributed by atoms with Crippen molar-refractivity contribution in [2.24, 2.45) is 0 Å². The van der Waals surface area contributed by atoms with Gasteiger partial charge in [0.2, 0.25) is 0 Å². The van der Waals surface area contributed by atoms with Crippen LogP contribution in [0.4, 0.5) is 0 Å². The van der Waals surface area contributed by atoms with Gasteiger partial charge in [0.15, 0.2) is 16.6 Å². The Bertz CT molecular complexity index is 2760. The number of hydrogen-bond acceptors (Lipinski definition) is 12. The minimum Gasteiger partial charge on any atom is -0.497 e. The summed E-state index contributed by atoms with van der Waals surface area (Å²) in [4.78, 5) is 53.4. The second-order valence-electron chi connectivity index (χ2n) is 21.6. The molecule has 2 saturated heterocycles. The number of aliphatic hydroxyl groups excluding tert-OH is 1. The molecule has 16 nitrogen and oxygen atoms in total. The molecule has 6 atom stereocenters. The van der Waals surface area contributed by atoms with Gasteiger partial charge in [-0.15, -0.1) is 0 Å². The molecule has 3 N–H and O–H groups in total. The van der Waals surface area contributed by atoms with E-state index in [0.29, 0.717) is 24.2 Å². The lowest BCUT2D eigenvalue weighted by atomic mass is 9.79. The van der Waals surface area contributed by atoms with Crippen molar-refractivity contribution >= 4 is 16.6 Å². The Balaban J connectivity index is 0.000000288. The van der Waals surface area contributed by atoms with Crippen molar-refractivity contribution in [3.05, 3.63) is 161 Å². The van der Waals surface area contributed by atoms with Crippen molar-refractivity contribution < 1.29 is 37.6 Å². The third-order valence-electron chi connectivity index (χ3n) is 14.6. The summed E-state index contributed by atoms with van der Waals surface area (Å²) < 4.78 is 46.6. The predicted octanol–water partition coefficient (Wildman–Crippen LogP) is 8.06. The Hall–Kier alpha value is -5.19. The van der Waals surface area contributed by atoms with E-state index < -0.39 is 81.6 Å². The average Bonchev–Trinajstić information content (AvgIpc) is 3.90. The Labute approximate surface area is 418 Å². The first-order valence-electron chi connectivity index (χ1n) is 24.1. The van der Waals surface area contributed by atoms with Gasteiger partial charge < -0.3 is 37.6 Å². The van der Waals surface area contributed by atoms with Gasteiger partial charge in [0.05, 0.1) is 39.6 Å². The van der Waals surface area contributed by atoms with Crippen molar-refractivity contribution in [3.63, 3.8) is 0 Å². The molecule has 5 aromatic rings. The van der Waals surface area contributed by atoms with Crippen molar-refractivity contribution in [1.29, 1.82) is 0 Å². The molecule has 71 heavy (non-hydrogen) atoms. The second-order valence-corrected chi connectivity index (χ2v) is 31.2. The van der Waals surface area contributed by atoms with Gasteiger partial charge in [-0.25, -0.2) is 9.59 Å². The first-order valence-corrected chi connectivity index (χ1v) is 30.0. The van der Waals surface area contributed by atoms with Crippen LogP contribution in [0.25, 0.3) is 0 Å². The molecular formula is C53H74N4O12Si2. The SMILES string of the molecule is COc1ccc(C(O[C@H]2C[C@H](n3cc(C)c(=O)[nH]c3=O)O[C@@H]2CO[Si](C)(C)C(C)(C)C)(c2ccccc2)c2ccc(OC)cc2)cc1.Cc1cn([C@H]2C[C@H](O)[C@@H](CO[Si](C)(C)C(C)(C)C)O2)c(=O)[nH]c1=O. The van der Waals surface area contributed by atoms with Crippen molar-refractivity contribution in [3.8, 4) is 11.5 Å². The van der Waals surface area contributed by atoms with E-state index in [2.05, 4.69) is 89.8 Å². The van der Waals surface area contributed by atoms with Crippen LogP contribution in [0.15, 0.2) is 110 Å². The fourth-order valence-electron chi connectivity index (χ4n) is 8.05. The third kappa shape index (κ3) is 12.4. The van der Waals surface area contributed by atoms with E-state index in [-0.39, 0.29) is 23.1 Å². The molecule has 0 unspecified atom stereocenters. The zero-order chi connectivity index (χ0) is 52.3. The zero-order valence-corrected chi connectivity index (χ0v) is 45.8. The van der Waals surface area contributed by atoms with Gasteiger partial charge in [-0.05, 0) is 91.1 Å². The van der Waals surface area contributed by atoms with Gasteiger partial charge >= 0.3 is 11.4 Å². The largest absolute Gasteiger partial charge is 0.497 e. The van der Waals surface area contributed by atoms with Gasteiger partial charge in [-0.3, -0.25) is 28.7 Å². The second kappa shape index (κ2) is 21.9. The molecule has 0 amide bonds. The maximum Gasteiger partial charge on any atom is 0.330 e. The molecule has 0 radical (unpaired) electrons. The Kier molecular flexibility index (Phi) is 17.0. The molecule has 386 valence electrons. The number of aromatic amines is 2. The minimum absolute atomic E-state index is 0.0195. The monoisotopic (exact) mass is 1010 g/mol. The van der Waals surface area contributed by atoms with Gasteiger partial charge in [-0.1, -0.05) is 96.1 Å². The summed E-state index contributed by atoms with van der Waals surface area (Å²) in [5.41, 5.74) is 0.547. The van der Waals surface area contributed by atoms with Crippen LogP contribution in [-0.2, 0) is 28.7 Å². The van der Waals surface area contributed by atoms with Crippen molar-refractivity contribution in [1.82, 2.24) is 19.1 Å². The molecule has 2 fully saturated rings. The van der Waals surface area contributed by atoms with Crippen molar-refractivity contribution in [2.45, 2.75) is 147 Å². The molecule has 2 aliphatic heterocycles. The highest BCUT2D eigenvalue weighted by Crippen LogP contribution is 2.46. The van der Waals surface area contributed by atoms with E-state index in [4.69, 9.17) is 32.5 Å². The van der Waals surface area contributed by atoms with Crippen LogP contribution in [0.1, 0.15) is 94.7 Å². The van der Waals surface area contributed by atoms with Crippen LogP contribution < -0.4 is 32.0 Å². The van der Waals surface area contributed by atoms with Crippen LogP contribution in [0.5, 0.6) is 11.5 Å². The minimum atomic E-state index is -2.18. The van der Waals surface area contributed by atoms with Crippen LogP contribution in [0.2, 0.25) is 36.3 Å². The van der Waals surface area contributed by atoms with E-state index in [1.165, 1.54) is 15.3 Å². The molecular weight excluding hydrogens is 941 g/mol. The summed E-state index contributed by atoms with van der Waals surface area (Å²) in [5.74, 6) is 1.45. The first kappa shape index (κ1) is 55.1. The molecule has 0 spiro atoms. The molecule has 7 rings (SSSR count). The van der Waals surface area contributed by atoms with E-state index in [1.807, 2.05) is 66.7 Å². The number of benzene rings is 3. The lowest BCUT2D eigenvalue weighted by Crippen LogP contribution is -2.46. The fourth-order valence-corrected chi connectivity index (χ4v) is 10.1. The highest BCUT2D eigenvalue weighted by Gasteiger charge is 2.48. The molecule has 2 aromatic heterocycles. The van der Waals surface area contributed by atoms with Gasteiger partial charge in [0.25, 0.3) is 11.1 Å². The molecule has 18 heteroatoms. The summed E-state index contributed by atoms with van der Waals surface area (Å²) in [5, 5.41) is 10.3. The van der Waals surface area contributed by atoms with Crippen LogP contribution in [0.3, 0.4) is 0 Å². The maximum atomic E-state index is 13.1. The highest BCUT2D eigenvalue weighted by molar-refractivity contribution is 6.74. The number of methoxy groups -OCH3 is 2. The third-order valence-corrected chi connectivity index (χ3v) is 23.6. The number of aryl methyl sites for hydroxylation is 2. The number of aromatic nitrogens is 4. The molecule has 0 aliphatic carbocycles. The number of ether oxygens (including phenoxy) is 5. The lowest BCUT2D eigenvalue weighted by molar-refractivity contribution is -0.0978. The number of nitrogens with one attached hydrogen (secondary N) is 2. The molecule has 0 saturated carbocycles. The topological polar surface area (TPSA) is 195 Å². The van der Waals surface area contributed by atoms with Gasteiger partial charge in [-0.2, -0.15) is 0 Å². The van der Waals surface area contributed by atoms with E-state index in [0.717, 1.165) is 28.2 Å². The lowest BCUT2D eigenvalue weighted by Gasteiger charge is -2.40. The summed E-state index contributed by atoms with van der Waals surface area (Å²) in [6, 6.07) is 25.8. The van der Waals surface area contributed by atoms with Gasteiger partial charge in [0.1, 0.15) is 41.8 Å². The quantitative estimate of drug-likeness (QED) is 0.0676. The zero-order valence-electron chi connectivity index (χ0n) is 43.8. The van der Waals surface area contributed by atoms with E-state index in [1.54, 1.807) is 34.3 Å². The Morgan fingerprint density at radius 2 is 1.00 bits per heavy atom. The van der Waals surface area contributed by atoms with E-state index in [9.17, 15) is 24.3 Å². The van der Waals surface area contributed by atoms with Crippen molar-refractivity contribution in [2.75, 3.05) is 27.4 Å². The Morgan fingerprint density at radius 1 is 0.606 bits per heavy atom. The standard InChI is InChI=1S/C37H46N2O7Si.C16H28N2O5Si/c1-25-23-39(35(41)38-34(25)40)33-22-31(32(45-33)24-44-47(7,8)36(2,3)4)46-37(26-12-10-9-11-13-26,27-14-18-29(42-5)19-15-27)28-16-20-30(43-6)21-17-28;1-10-8-18(15(21)17-14(10)20)13-7-11(19)12(23-13)9-22-24(5,6)16(2,3)4/h9-21,23,31-33H,22,24H2,1-8H3,(H,38,40,41);8,11-13,19H,7,9H2,1-6H3,(H,17,20,21)/t31-,32+,33+;11-,12+,13+/m00/s1. The number of H-pyrrole nitrogens is 2. The smallest absolute Gasteiger partial charge is 0.330 e. The summed E-state index contributed by atoms with van der Waals surface area (Å²) >= 11 is 0. The van der Waals surface area contributed by atoms with Crippen LogP contribution >= 0.6 is 0 Å². The number of aliphatic hydroxyl groups is 1. The molecule has 3 aromatic carbocycles. The van der Waals surface area contributed by atoms with Gasteiger partial charge in [0, 0.05) is 36.4 Å². The number of nitrogens with zero attached hydrogens (tertiary/aromatic N) is 2. The van der Waals surface area contributed by atoms with Crippen LogP contribution in [0, 0.1) is 13.8 Å². The summed E-state index contributed by atoms with van der Waals surface area (Å²) in [7, 11) is -0.836. The van der Waals surface area contributed by atoms with E-state index >= 15 is 0 Å². The number of rotatable bonds is 15. The molecule has 2 aliphatic rings. The molecule has 0 bridgehead atoms. The average molecular weight is 1020 g/mol. The normalized spacial score (nSPS) is 20.9. The Morgan fingerprint density at radius 3 is 1.42 bits per heavy atom. The number of hydrogen-bond donors (Lipinski definition) is 3. The fraction of sp³-hybridized carbons (Fsp3) is 0.509. The predicted molar refractivity (Wildman–Crippen MR) is 279 cm³/mol. The van der Waals surface area contributed by atoms with Crippen LogP contribution in [-0.4, -0.2) is 92.7 Å². The molecule has 4 heterocycles. The first-order chi connectivity index (χ1) is 33.2. The summed E-state index contributed by atoms with van der Waals surface area (Å²) in [6.45, 7) is 25.6. The summed E-state index contributed by atoms with van der Waals surface area (Å²) in [6.07, 6.45) is 0.137.